The molecule has 0 saturated heterocycles. The van der Waals surface area contributed by atoms with Crippen LogP contribution in [0.15, 0.2) is 12.1 Å². The van der Waals surface area contributed by atoms with Crippen LogP contribution in [0.2, 0.25) is 0 Å². The van der Waals surface area contributed by atoms with Gasteiger partial charge in [-0.1, -0.05) is 52.4 Å². The van der Waals surface area contributed by atoms with Crippen LogP contribution >= 0.6 is 11.3 Å². The first kappa shape index (κ1) is 16.0. The Morgan fingerprint density at radius 1 is 1.15 bits per heavy atom. The van der Waals surface area contributed by atoms with Crippen LogP contribution in [-0.2, 0) is 6.42 Å². The van der Waals surface area contributed by atoms with Gasteiger partial charge in [0.2, 0.25) is 0 Å². The molecular weight excluding hydrogens is 262 g/mol. The van der Waals surface area contributed by atoms with E-state index in [9.17, 15) is 0 Å². The van der Waals surface area contributed by atoms with Gasteiger partial charge in [-0.3, -0.25) is 0 Å². The molecule has 1 nitrogen and oxygen atoms in total. The van der Waals surface area contributed by atoms with Gasteiger partial charge in [-0.2, -0.15) is 0 Å². The summed E-state index contributed by atoms with van der Waals surface area (Å²) in [5, 5.41) is 3.80. The monoisotopic (exact) mass is 293 g/mol. The number of aryl methyl sites for hydroxylation is 1. The summed E-state index contributed by atoms with van der Waals surface area (Å²) in [4.78, 5) is 3.10. The first-order chi connectivity index (χ1) is 9.83. The van der Waals surface area contributed by atoms with Gasteiger partial charge in [0.05, 0.1) is 0 Å². The van der Waals surface area contributed by atoms with Gasteiger partial charge in [0.15, 0.2) is 0 Å². The number of nitrogens with one attached hydrogen (secondary N) is 1. The van der Waals surface area contributed by atoms with Crippen molar-refractivity contribution >= 4 is 11.3 Å². The molecule has 0 radical (unpaired) electrons. The van der Waals surface area contributed by atoms with Crippen molar-refractivity contribution in [2.75, 3.05) is 6.54 Å². The number of rotatable bonds is 7. The van der Waals surface area contributed by atoms with Gasteiger partial charge in [-0.15, -0.1) is 11.3 Å². The summed E-state index contributed by atoms with van der Waals surface area (Å²) >= 11 is 2.02. The van der Waals surface area contributed by atoms with Gasteiger partial charge >= 0.3 is 0 Å². The Morgan fingerprint density at radius 2 is 1.90 bits per heavy atom. The summed E-state index contributed by atoms with van der Waals surface area (Å²) in [6, 6.07) is 5.30. The van der Waals surface area contributed by atoms with E-state index in [4.69, 9.17) is 0 Å². The second-order valence-electron chi connectivity index (χ2n) is 6.26. The Labute approximate surface area is 129 Å². The summed E-state index contributed by atoms with van der Waals surface area (Å²) in [5.41, 5.74) is 0. The molecule has 1 aliphatic carbocycles. The summed E-state index contributed by atoms with van der Waals surface area (Å²) in [7, 11) is 0. The molecule has 0 aliphatic heterocycles. The van der Waals surface area contributed by atoms with Crippen molar-refractivity contribution in [3.63, 3.8) is 0 Å². The predicted molar refractivity (Wildman–Crippen MR) is 90.5 cm³/mol. The minimum Gasteiger partial charge on any atom is -0.309 e. The smallest absolute Gasteiger partial charge is 0.0417 e. The fraction of sp³-hybridized carbons (Fsp3) is 0.778. The van der Waals surface area contributed by atoms with Crippen molar-refractivity contribution < 1.29 is 0 Å². The summed E-state index contributed by atoms with van der Waals surface area (Å²) in [6.07, 6.45) is 12.5. The molecule has 1 heterocycles. The highest BCUT2D eigenvalue weighted by atomic mass is 32.1. The zero-order valence-electron chi connectivity index (χ0n) is 13.3. The Bertz CT molecular complexity index is 363. The maximum Gasteiger partial charge on any atom is 0.0417 e. The first-order valence-corrected chi connectivity index (χ1v) is 9.47. The van der Waals surface area contributed by atoms with Crippen molar-refractivity contribution in [2.45, 2.75) is 77.7 Å². The fourth-order valence-electron chi connectivity index (χ4n) is 3.32. The topological polar surface area (TPSA) is 12.0 Å². The normalized spacial score (nSPS) is 18.9. The van der Waals surface area contributed by atoms with E-state index in [0.717, 1.165) is 12.5 Å². The molecule has 20 heavy (non-hydrogen) atoms. The second-order valence-corrected chi connectivity index (χ2v) is 7.46. The van der Waals surface area contributed by atoms with Gasteiger partial charge in [0, 0.05) is 15.8 Å². The Morgan fingerprint density at radius 3 is 2.50 bits per heavy atom. The largest absolute Gasteiger partial charge is 0.309 e. The second kappa shape index (κ2) is 8.84. The van der Waals surface area contributed by atoms with E-state index in [1.54, 1.807) is 4.88 Å². The van der Waals surface area contributed by atoms with Crippen molar-refractivity contribution in [2.24, 2.45) is 5.92 Å². The van der Waals surface area contributed by atoms with E-state index in [1.165, 1.54) is 62.7 Å². The molecule has 2 heteroatoms. The molecule has 0 bridgehead atoms. The third-order valence-corrected chi connectivity index (χ3v) is 5.90. The summed E-state index contributed by atoms with van der Waals surface area (Å²) < 4.78 is 0. The van der Waals surface area contributed by atoms with Crippen molar-refractivity contribution in [1.29, 1.82) is 0 Å². The van der Waals surface area contributed by atoms with E-state index < -0.39 is 0 Å². The van der Waals surface area contributed by atoms with Gasteiger partial charge in [0.1, 0.15) is 0 Å². The van der Waals surface area contributed by atoms with Crippen LogP contribution < -0.4 is 5.32 Å². The van der Waals surface area contributed by atoms with E-state index in [0.29, 0.717) is 6.04 Å². The van der Waals surface area contributed by atoms with Crippen LogP contribution in [0.4, 0.5) is 0 Å². The van der Waals surface area contributed by atoms with Crippen LogP contribution in [0.5, 0.6) is 0 Å². The van der Waals surface area contributed by atoms with Gasteiger partial charge in [-0.05, 0) is 43.9 Å². The third-order valence-electron chi connectivity index (χ3n) is 4.56. The molecule has 1 aromatic rings. The third kappa shape index (κ3) is 4.89. The van der Waals surface area contributed by atoms with E-state index in [-0.39, 0.29) is 0 Å². The van der Waals surface area contributed by atoms with Crippen LogP contribution in [-0.4, -0.2) is 6.54 Å². The molecule has 1 aromatic heterocycles. The van der Waals surface area contributed by atoms with Crippen molar-refractivity contribution in [1.82, 2.24) is 5.32 Å². The molecule has 114 valence electrons. The standard InChI is InChI=1S/C18H31NS/c1-3-13-19-17(18-12-11-16(4-2)20-18)14-15-9-7-5-6-8-10-15/h11-12,15,17,19H,3-10,13-14H2,1-2H3. The first-order valence-electron chi connectivity index (χ1n) is 8.65. The maximum atomic E-state index is 3.80. The van der Waals surface area contributed by atoms with E-state index >= 15 is 0 Å². The van der Waals surface area contributed by atoms with Crippen molar-refractivity contribution in [3.05, 3.63) is 21.9 Å². The van der Waals surface area contributed by atoms with E-state index in [1.807, 2.05) is 11.3 Å². The molecule has 1 N–H and O–H groups in total. The molecule has 1 fully saturated rings. The molecule has 1 atom stereocenters. The lowest BCUT2D eigenvalue weighted by Crippen LogP contribution is -2.23. The summed E-state index contributed by atoms with van der Waals surface area (Å²) in [5.74, 6) is 0.944. The SMILES string of the molecule is CCCNC(CC1CCCCCC1)c1ccc(CC)s1. The minimum atomic E-state index is 0.600. The quantitative estimate of drug-likeness (QED) is 0.635. The van der Waals surface area contributed by atoms with Gasteiger partial charge < -0.3 is 5.32 Å². The van der Waals surface area contributed by atoms with Crippen LogP contribution in [0.25, 0.3) is 0 Å². The number of hydrogen-bond donors (Lipinski definition) is 1. The van der Waals surface area contributed by atoms with Crippen LogP contribution in [0.3, 0.4) is 0 Å². The predicted octanol–water partition coefficient (Wildman–Crippen LogP) is 5.71. The zero-order chi connectivity index (χ0) is 14.2. The molecule has 2 rings (SSSR count). The Kier molecular flexibility index (Phi) is 7.09. The fourth-order valence-corrected chi connectivity index (χ4v) is 4.36. The highest BCUT2D eigenvalue weighted by molar-refractivity contribution is 7.12. The highest BCUT2D eigenvalue weighted by Crippen LogP contribution is 2.33. The van der Waals surface area contributed by atoms with Crippen molar-refractivity contribution in [3.8, 4) is 0 Å². The molecule has 1 saturated carbocycles. The van der Waals surface area contributed by atoms with E-state index in [2.05, 4.69) is 31.3 Å². The average Bonchev–Trinajstić information content (AvgIpc) is 2.80. The molecule has 1 aliphatic rings. The maximum absolute atomic E-state index is 3.80. The molecule has 0 amide bonds. The molecule has 1 unspecified atom stereocenters. The van der Waals surface area contributed by atoms with Crippen LogP contribution in [0, 0.1) is 5.92 Å². The molecular formula is C18H31NS. The number of thiophene rings is 1. The van der Waals surface area contributed by atoms with Crippen LogP contribution in [0.1, 0.15) is 81.0 Å². The lowest BCUT2D eigenvalue weighted by molar-refractivity contribution is 0.359. The van der Waals surface area contributed by atoms with Gasteiger partial charge in [0.25, 0.3) is 0 Å². The summed E-state index contributed by atoms with van der Waals surface area (Å²) in [6.45, 7) is 5.67. The Hall–Kier alpha value is -0.340. The number of hydrogen-bond acceptors (Lipinski definition) is 2. The lowest BCUT2D eigenvalue weighted by Gasteiger charge is -2.23. The highest BCUT2D eigenvalue weighted by Gasteiger charge is 2.20. The Balaban J connectivity index is 1.98. The van der Waals surface area contributed by atoms with Gasteiger partial charge in [-0.25, -0.2) is 0 Å². The molecule has 0 aromatic carbocycles. The minimum absolute atomic E-state index is 0.600. The lowest BCUT2D eigenvalue weighted by atomic mass is 9.92. The zero-order valence-corrected chi connectivity index (χ0v) is 14.1. The average molecular weight is 294 g/mol. The molecule has 0 spiro atoms.